The molecule has 3 N–H and O–H groups in total. The largest absolute Gasteiger partial charge is 0.350 e. The van der Waals surface area contributed by atoms with Gasteiger partial charge in [0.2, 0.25) is 11.8 Å². The molecule has 0 saturated heterocycles. The maximum absolute atomic E-state index is 11.7. The van der Waals surface area contributed by atoms with Crippen LogP contribution in [-0.4, -0.2) is 31.4 Å². The third-order valence-corrected chi connectivity index (χ3v) is 2.42. The Morgan fingerprint density at radius 1 is 1.21 bits per heavy atom. The fourth-order valence-electron chi connectivity index (χ4n) is 1.46. The van der Waals surface area contributed by atoms with Crippen LogP contribution in [0.25, 0.3) is 0 Å². The van der Waals surface area contributed by atoms with Crippen LogP contribution in [0.2, 0.25) is 0 Å². The van der Waals surface area contributed by atoms with E-state index in [9.17, 15) is 9.59 Å². The molecule has 0 aliphatic carbocycles. The molecule has 0 saturated carbocycles. The first-order valence-corrected chi connectivity index (χ1v) is 5.89. The van der Waals surface area contributed by atoms with E-state index in [1.807, 2.05) is 30.3 Å². The number of amides is 2. The van der Waals surface area contributed by atoms with Crippen LogP contribution in [0.1, 0.15) is 12.5 Å². The van der Waals surface area contributed by atoms with E-state index < -0.39 is 6.04 Å². The molecular weight excluding hydrogens is 266 g/mol. The lowest BCUT2D eigenvalue weighted by molar-refractivity contribution is -0.128. The highest BCUT2D eigenvalue weighted by molar-refractivity contribution is 5.87. The molecule has 0 aromatic heterocycles. The van der Waals surface area contributed by atoms with Gasteiger partial charge in [0.25, 0.3) is 0 Å². The third kappa shape index (κ3) is 6.79. The molecule has 1 rings (SSSR count). The Balaban J connectivity index is 0.00000324. The average molecular weight is 286 g/mol. The van der Waals surface area contributed by atoms with Gasteiger partial charge in [-0.1, -0.05) is 30.3 Å². The highest BCUT2D eigenvalue weighted by atomic mass is 35.5. The average Bonchev–Trinajstić information content (AvgIpc) is 2.37. The van der Waals surface area contributed by atoms with E-state index in [4.69, 9.17) is 0 Å². The van der Waals surface area contributed by atoms with Crippen molar-refractivity contribution in [1.29, 1.82) is 0 Å². The fraction of sp³-hybridized carbons (Fsp3) is 0.385. The molecule has 0 aliphatic heterocycles. The van der Waals surface area contributed by atoms with E-state index in [2.05, 4.69) is 16.0 Å². The van der Waals surface area contributed by atoms with Crippen LogP contribution in [0.15, 0.2) is 30.3 Å². The lowest BCUT2D eigenvalue weighted by Crippen LogP contribution is -2.46. The second-order valence-corrected chi connectivity index (χ2v) is 4.02. The quantitative estimate of drug-likeness (QED) is 0.711. The Kier molecular flexibility index (Phi) is 8.57. The van der Waals surface area contributed by atoms with Gasteiger partial charge in [0.1, 0.15) is 6.04 Å². The molecule has 0 aliphatic rings. The van der Waals surface area contributed by atoms with E-state index in [0.717, 1.165) is 5.56 Å². The number of rotatable bonds is 6. The SMILES string of the molecule is CNCC(=O)NC(C)C(=O)NCc1ccccc1.Cl. The Hall–Kier alpha value is -1.59. The number of nitrogens with one attached hydrogen (secondary N) is 3. The maximum Gasteiger partial charge on any atom is 0.242 e. The Morgan fingerprint density at radius 3 is 2.42 bits per heavy atom. The normalized spacial score (nSPS) is 11.1. The number of likely N-dealkylation sites (N-methyl/N-ethyl adjacent to an activating group) is 1. The number of carbonyl (C=O) groups is 2. The summed E-state index contributed by atoms with van der Waals surface area (Å²) in [6.07, 6.45) is 0. The molecule has 0 heterocycles. The van der Waals surface area contributed by atoms with Crippen LogP contribution in [0.3, 0.4) is 0 Å². The molecule has 0 radical (unpaired) electrons. The summed E-state index contributed by atoms with van der Waals surface area (Å²) in [5, 5.41) is 8.10. The second-order valence-electron chi connectivity index (χ2n) is 4.02. The van der Waals surface area contributed by atoms with Gasteiger partial charge in [-0.3, -0.25) is 9.59 Å². The Bertz CT molecular complexity index is 398. The van der Waals surface area contributed by atoms with Crippen LogP contribution in [0, 0.1) is 0 Å². The van der Waals surface area contributed by atoms with E-state index in [1.54, 1.807) is 14.0 Å². The molecule has 6 heteroatoms. The van der Waals surface area contributed by atoms with E-state index in [-0.39, 0.29) is 30.8 Å². The van der Waals surface area contributed by atoms with Gasteiger partial charge in [0.05, 0.1) is 6.54 Å². The first-order valence-electron chi connectivity index (χ1n) is 5.89. The fourth-order valence-corrected chi connectivity index (χ4v) is 1.46. The first-order chi connectivity index (χ1) is 8.63. The minimum absolute atomic E-state index is 0. The van der Waals surface area contributed by atoms with Crippen molar-refractivity contribution >= 4 is 24.2 Å². The minimum Gasteiger partial charge on any atom is -0.350 e. The predicted molar refractivity (Wildman–Crippen MR) is 77.1 cm³/mol. The van der Waals surface area contributed by atoms with Gasteiger partial charge in [0.15, 0.2) is 0 Å². The van der Waals surface area contributed by atoms with Crippen molar-refractivity contribution in [1.82, 2.24) is 16.0 Å². The van der Waals surface area contributed by atoms with Crippen molar-refractivity contribution in [2.24, 2.45) is 0 Å². The molecule has 0 spiro atoms. The highest BCUT2D eigenvalue weighted by Crippen LogP contribution is 1.97. The van der Waals surface area contributed by atoms with Gasteiger partial charge in [-0.2, -0.15) is 0 Å². The number of hydrogen-bond donors (Lipinski definition) is 3. The number of halogens is 1. The van der Waals surface area contributed by atoms with E-state index in [1.165, 1.54) is 0 Å². The molecular formula is C13H20ClN3O2. The monoisotopic (exact) mass is 285 g/mol. The van der Waals surface area contributed by atoms with Crippen molar-refractivity contribution in [3.8, 4) is 0 Å². The van der Waals surface area contributed by atoms with Crippen LogP contribution >= 0.6 is 12.4 Å². The molecule has 0 fully saturated rings. The lowest BCUT2D eigenvalue weighted by atomic mass is 10.2. The minimum atomic E-state index is -0.533. The van der Waals surface area contributed by atoms with Crippen molar-refractivity contribution in [2.45, 2.75) is 19.5 Å². The zero-order valence-corrected chi connectivity index (χ0v) is 11.9. The van der Waals surface area contributed by atoms with Crippen molar-refractivity contribution in [2.75, 3.05) is 13.6 Å². The number of hydrogen-bond acceptors (Lipinski definition) is 3. The molecule has 2 amide bonds. The van der Waals surface area contributed by atoms with Gasteiger partial charge in [-0.15, -0.1) is 12.4 Å². The number of carbonyl (C=O) groups excluding carboxylic acids is 2. The summed E-state index contributed by atoms with van der Waals surface area (Å²) < 4.78 is 0. The summed E-state index contributed by atoms with van der Waals surface area (Å²) in [4.78, 5) is 23.0. The standard InChI is InChI=1S/C13H19N3O2.ClH/c1-10(16-12(17)9-14-2)13(18)15-8-11-6-4-3-5-7-11;/h3-7,10,14H,8-9H2,1-2H3,(H,15,18)(H,16,17);1H. The number of benzene rings is 1. The van der Waals surface area contributed by atoms with Gasteiger partial charge in [-0.05, 0) is 19.5 Å². The van der Waals surface area contributed by atoms with Crippen molar-refractivity contribution in [3.63, 3.8) is 0 Å². The summed E-state index contributed by atoms with van der Waals surface area (Å²) in [6.45, 7) is 2.33. The summed E-state index contributed by atoms with van der Waals surface area (Å²) in [6, 6.07) is 9.09. The van der Waals surface area contributed by atoms with E-state index >= 15 is 0 Å². The van der Waals surface area contributed by atoms with Crippen LogP contribution in [0.5, 0.6) is 0 Å². The van der Waals surface area contributed by atoms with Crippen LogP contribution in [-0.2, 0) is 16.1 Å². The van der Waals surface area contributed by atoms with E-state index in [0.29, 0.717) is 6.54 Å². The Morgan fingerprint density at radius 2 is 1.84 bits per heavy atom. The van der Waals surface area contributed by atoms with Gasteiger partial charge < -0.3 is 16.0 Å². The van der Waals surface area contributed by atoms with Crippen LogP contribution < -0.4 is 16.0 Å². The topological polar surface area (TPSA) is 70.2 Å². The molecule has 0 bridgehead atoms. The van der Waals surface area contributed by atoms with Crippen molar-refractivity contribution < 1.29 is 9.59 Å². The molecule has 19 heavy (non-hydrogen) atoms. The summed E-state index contributed by atoms with van der Waals surface area (Å²) >= 11 is 0. The summed E-state index contributed by atoms with van der Waals surface area (Å²) in [5.41, 5.74) is 1.03. The molecule has 106 valence electrons. The lowest BCUT2D eigenvalue weighted by Gasteiger charge is -2.14. The van der Waals surface area contributed by atoms with Crippen LogP contribution in [0.4, 0.5) is 0 Å². The van der Waals surface area contributed by atoms with Gasteiger partial charge >= 0.3 is 0 Å². The molecule has 1 unspecified atom stereocenters. The highest BCUT2D eigenvalue weighted by Gasteiger charge is 2.14. The molecule has 1 atom stereocenters. The van der Waals surface area contributed by atoms with Crippen molar-refractivity contribution in [3.05, 3.63) is 35.9 Å². The second kappa shape index (κ2) is 9.35. The zero-order valence-electron chi connectivity index (χ0n) is 11.1. The van der Waals surface area contributed by atoms with Gasteiger partial charge in [0, 0.05) is 6.54 Å². The summed E-state index contributed by atoms with van der Waals surface area (Å²) in [5.74, 6) is -0.386. The molecule has 1 aromatic carbocycles. The smallest absolute Gasteiger partial charge is 0.242 e. The molecule has 5 nitrogen and oxygen atoms in total. The molecule has 1 aromatic rings. The zero-order chi connectivity index (χ0) is 13.4. The predicted octanol–water partition coefficient (Wildman–Crippen LogP) is 0.449. The van der Waals surface area contributed by atoms with Gasteiger partial charge in [-0.25, -0.2) is 0 Å². The summed E-state index contributed by atoms with van der Waals surface area (Å²) in [7, 11) is 1.68. The first kappa shape index (κ1) is 17.4. The Labute approximate surface area is 119 Å². The maximum atomic E-state index is 11.7. The third-order valence-electron chi connectivity index (χ3n) is 2.42.